The van der Waals surface area contributed by atoms with Crippen molar-refractivity contribution in [3.8, 4) is 10.6 Å². The van der Waals surface area contributed by atoms with E-state index in [0.29, 0.717) is 10.7 Å². The number of hydrogen-bond acceptors (Lipinski definition) is 5. The van der Waals surface area contributed by atoms with Crippen LogP contribution in [0.3, 0.4) is 0 Å². The zero-order valence-corrected chi connectivity index (χ0v) is 17.5. The minimum absolute atomic E-state index is 0.155. The summed E-state index contributed by atoms with van der Waals surface area (Å²) in [6, 6.07) is 16.0. The number of amides is 1. The predicted molar refractivity (Wildman–Crippen MR) is 118 cm³/mol. The quantitative estimate of drug-likeness (QED) is 0.637. The van der Waals surface area contributed by atoms with Crippen molar-refractivity contribution in [2.24, 2.45) is 0 Å². The van der Waals surface area contributed by atoms with Crippen LogP contribution in [0.25, 0.3) is 10.6 Å². The van der Waals surface area contributed by atoms with E-state index in [1.54, 1.807) is 0 Å². The molecule has 1 saturated heterocycles. The molecule has 0 radical (unpaired) electrons. The van der Waals surface area contributed by atoms with Gasteiger partial charge in [0, 0.05) is 17.7 Å². The minimum Gasteiger partial charge on any atom is -0.299 e. The van der Waals surface area contributed by atoms with Gasteiger partial charge in [0.05, 0.1) is 0 Å². The van der Waals surface area contributed by atoms with Crippen molar-refractivity contribution in [3.63, 3.8) is 0 Å². The van der Waals surface area contributed by atoms with E-state index < -0.39 is 0 Å². The second-order valence-electron chi connectivity index (χ2n) is 7.62. The third-order valence-electron chi connectivity index (χ3n) is 5.26. The van der Waals surface area contributed by atoms with Gasteiger partial charge >= 0.3 is 0 Å². The van der Waals surface area contributed by atoms with E-state index in [1.165, 1.54) is 61.2 Å². The van der Waals surface area contributed by atoms with Crippen LogP contribution in [0.2, 0.25) is 0 Å². The molecule has 1 amide bonds. The summed E-state index contributed by atoms with van der Waals surface area (Å²) >= 11 is 1.38. The Labute approximate surface area is 175 Å². The highest BCUT2D eigenvalue weighted by Gasteiger charge is 2.13. The highest BCUT2D eigenvalue weighted by atomic mass is 32.1. The third kappa shape index (κ3) is 5.28. The Bertz CT molecular complexity index is 942. The molecular weight excluding hydrogens is 380 g/mol. The van der Waals surface area contributed by atoms with Gasteiger partial charge in [-0.15, -0.1) is 10.2 Å². The maximum Gasteiger partial charge on any atom is 0.257 e. The summed E-state index contributed by atoms with van der Waals surface area (Å²) in [7, 11) is 0. The SMILES string of the molecule is Cc1ccc(-c2nnc(NC(=O)c3ccc(CN4CCCCCC4)cc3)s2)cc1. The Morgan fingerprint density at radius 3 is 2.34 bits per heavy atom. The lowest BCUT2D eigenvalue weighted by Gasteiger charge is -2.19. The highest BCUT2D eigenvalue weighted by Crippen LogP contribution is 2.26. The number of nitrogens with zero attached hydrogens (tertiary/aromatic N) is 3. The number of carbonyl (C=O) groups excluding carboxylic acids is 1. The standard InChI is InChI=1S/C23H26N4OS/c1-17-6-10-20(11-7-17)22-25-26-23(29-22)24-21(28)19-12-8-18(9-13-19)16-27-14-4-2-3-5-15-27/h6-13H,2-5,14-16H2,1H3,(H,24,26,28). The average molecular weight is 407 g/mol. The monoisotopic (exact) mass is 406 g/mol. The first-order valence-corrected chi connectivity index (χ1v) is 11.0. The van der Waals surface area contributed by atoms with E-state index in [9.17, 15) is 4.79 Å². The molecule has 1 N–H and O–H groups in total. The zero-order valence-electron chi connectivity index (χ0n) is 16.7. The molecule has 1 aliphatic rings. The first kappa shape index (κ1) is 19.7. The first-order chi connectivity index (χ1) is 14.2. The van der Waals surface area contributed by atoms with Gasteiger partial charge in [-0.3, -0.25) is 15.0 Å². The third-order valence-corrected chi connectivity index (χ3v) is 6.15. The van der Waals surface area contributed by atoms with Gasteiger partial charge in [-0.1, -0.05) is 66.1 Å². The molecule has 0 unspecified atom stereocenters. The number of carbonyl (C=O) groups is 1. The Morgan fingerprint density at radius 2 is 1.66 bits per heavy atom. The Hall–Kier alpha value is -2.57. The van der Waals surface area contributed by atoms with Crippen molar-refractivity contribution in [1.82, 2.24) is 15.1 Å². The lowest BCUT2D eigenvalue weighted by atomic mass is 10.1. The summed E-state index contributed by atoms with van der Waals surface area (Å²) in [5.41, 5.74) is 4.09. The molecule has 2 aromatic carbocycles. The van der Waals surface area contributed by atoms with Gasteiger partial charge in [-0.25, -0.2) is 0 Å². The number of rotatable bonds is 5. The van der Waals surface area contributed by atoms with E-state index >= 15 is 0 Å². The van der Waals surface area contributed by atoms with Crippen LogP contribution in [0.4, 0.5) is 5.13 Å². The number of hydrogen-bond donors (Lipinski definition) is 1. The van der Waals surface area contributed by atoms with Gasteiger partial charge in [0.2, 0.25) is 5.13 Å². The molecule has 1 aliphatic heterocycles. The summed E-state index contributed by atoms with van der Waals surface area (Å²) < 4.78 is 0. The van der Waals surface area contributed by atoms with Crippen LogP contribution in [-0.4, -0.2) is 34.1 Å². The molecule has 150 valence electrons. The smallest absolute Gasteiger partial charge is 0.257 e. The summed E-state index contributed by atoms with van der Waals surface area (Å²) in [5, 5.41) is 12.5. The maximum absolute atomic E-state index is 12.6. The number of likely N-dealkylation sites (tertiary alicyclic amines) is 1. The fourth-order valence-corrected chi connectivity index (χ4v) is 4.31. The maximum atomic E-state index is 12.6. The van der Waals surface area contributed by atoms with E-state index in [0.717, 1.165) is 17.1 Å². The molecule has 6 heteroatoms. The summed E-state index contributed by atoms with van der Waals surface area (Å²) in [5.74, 6) is -0.155. The van der Waals surface area contributed by atoms with Gasteiger partial charge in [0.15, 0.2) is 0 Å². The fraction of sp³-hybridized carbons (Fsp3) is 0.348. The molecule has 0 saturated carbocycles. The van der Waals surface area contributed by atoms with Crippen LogP contribution in [-0.2, 0) is 6.54 Å². The van der Waals surface area contributed by atoms with Crippen LogP contribution >= 0.6 is 11.3 Å². The van der Waals surface area contributed by atoms with E-state index in [4.69, 9.17) is 0 Å². The number of nitrogens with one attached hydrogen (secondary N) is 1. The van der Waals surface area contributed by atoms with Crippen LogP contribution in [0.1, 0.15) is 47.2 Å². The predicted octanol–water partition coefficient (Wildman–Crippen LogP) is 5.14. The number of aryl methyl sites for hydroxylation is 1. The molecule has 0 aliphatic carbocycles. The average Bonchev–Trinajstić information content (AvgIpc) is 3.04. The zero-order chi connectivity index (χ0) is 20.1. The normalized spacial score (nSPS) is 15.1. The van der Waals surface area contributed by atoms with Crippen LogP contribution in [0, 0.1) is 6.92 Å². The van der Waals surface area contributed by atoms with Gasteiger partial charge in [0.25, 0.3) is 5.91 Å². The van der Waals surface area contributed by atoms with Crippen molar-refractivity contribution in [2.45, 2.75) is 39.2 Å². The van der Waals surface area contributed by atoms with E-state index in [1.807, 2.05) is 36.4 Å². The molecule has 0 atom stereocenters. The number of anilines is 1. The second kappa shape index (κ2) is 9.29. The number of aromatic nitrogens is 2. The Morgan fingerprint density at radius 1 is 0.966 bits per heavy atom. The highest BCUT2D eigenvalue weighted by molar-refractivity contribution is 7.18. The lowest BCUT2D eigenvalue weighted by molar-refractivity contribution is 0.102. The summed E-state index contributed by atoms with van der Waals surface area (Å²) in [6.45, 7) is 5.35. The molecular formula is C23H26N4OS. The fourth-order valence-electron chi connectivity index (χ4n) is 3.57. The first-order valence-electron chi connectivity index (χ1n) is 10.2. The van der Waals surface area contributed by atoms with Crippen molar-refractivity contribution in [1.29, 1.82) is 0 Å². The van der Waals surface area contributed by atoms with Gasteiger partial charge in [-0.2, -0.15) is 0 Å². The van der Waals surface area contributed by atoms with Crippen molar-refractivity contribution < 1.29 is 4.79 Å². The van der Waals surface area contributed by atoms with Gasteiger partial charge < -0.3 is 0 Å². The molecule has 3 aromatic rings. The summed E-state index contributed by atoms with van der Waals surface area (Å²) in [4.78, 5) is 15.1. The second-order valence-corrected chi connectivity index (χ2v) is 8.60. The van der Waals surface area contributed by atoms with Gasteiger partial charge in [0.1, 0.15) is 5.01 Å². The van der Waals surface area contributed by atoms with Crippen molar-refractivity contribution in [2.75, 3.05) is 18.4 Å². The molecule has 5 nitrogen and oxygen atoms in total. The molecule has 0 bridgehead atoms. The van der Waals surface area contributed by atoms with Crippen LogP contribution in [0.5, 0.6) is 0 Å². The Balaban J connectivity index is 1.36. The van der Waals surface area contributed by atoms with E-state index in [-0.39, 0.29) is 5.91 Å². The molecule has 4 rings (SSSR count). The molecule has 29 heavy (non-hydrogen) atoms. The van der Waals surface area contributed by atoms with Crippen molar-refractivity contribution >= 4 is 22.4 Å². The molecule has 2 heterocycles. The van der Waals surface area contributed by atoms with Crippen molar-refractivity contribution in [3.05, 3.63) is 65.2 Å². The molecule has 1 fully saturated rings. The molecule has 1 aromatic heterocycles. The minimum atomic E-state index is -0.155. The van der Waals surface area contributed by atoms with Crippen LogP contribution < -0.4 is 5.32 Å². The van der Waals surface area contributed by atoms with E-state index in [2.05, 4.69) is 39.5 Å². The lowest BCUT2D eigenvalue weighted by Crippen LogP contribution is -2.24. The molecule has 0 spiro atoms. The largest absolute Gasteiger partial charge is 0.299 e. The number of benzene rings is 2. The topological polar surface area (TPSA) is 58.1 Å². The summed E-state index contributed by atoms with van der Waals surface area (Å²) in [6.07, 6.45) is 5.25. The van der Waals surface area contributed by atoms with Gasteiger partial charge in [-0.05, 0) is 50.6 Å². The van der Waals surface area contributed by atoms with Crippen LogP contribution in [0.15, 0.2) is 48.5 Å². The Kier molecular flexibility index (Phi) is 6.32.